The van der Waals surface area contributed by atoms with Crippen LogP contribution in [0.4, 0.5) is 11.5 Å². The third-order valence-corrected chi connectivity index (χ3v) is 3.62. The second kappa shape index (κ2) is 6.67. The highest BCUT2D eigenvalue weighted by Crippen LogP contribution is 2.22. The topological polar surface area (TPSA) is 66.9 Å². The predicted octanol–water partition coefficient (Wildman–Crippen LogP) is 3.43. The van der Waals surface area contributed by atoms with Crippen molar-refractivity contribution >= 4 is 33.3 Å². The van der Waals surface area contributed by atoms with Gasteiger partial charge in [0.1, 0.15) is 17.8 Å². The van der Waals surface area contributed by atoms with Gasteiger partial charge < -0.3 is 10.6 Å². The van der Waals surface area contributed by atoms with Crippen LogP contribution in [0.5, 0.6) is 0 Å². The molecule has 0 aliphatic rings. The Hall–Kier alpha value is -1.95. The zero-order valence-corrected chi connectivity index (χ0v) is 13.7. The lowest BCUT2D eigenvalue weighted by atomic mass is 10.2. The van der Waals surface area contributed by atoms with Crippen molar-refractivity contribution in [3.05, 3.63) is 46.3 Å². The highest BCUT2D eigenvalue weighted by atomic mass is 79.9. The number of benzene rings is 1. The molecule has 1 amide bonds. The Balaban J connectivity index is 2.17. The Labute approximate surface area is 132 Å². The molecule has 0 fully saturated rings. The summed E-state index contributed by atoms with van der Waals surface area (Å²) in [6.07, 6.45) is 1.38. The number of nitrogens with zero attached hydrogens (tertiary/aromatic N) is 2. The Morgan fingerprint density at radius 1 is 1.24 bits per heavy atom. The summed E-state index contributed by atoms with van der Waals surface area (Å²) in [6, 6.07) is 7.62. The number of halogens is 1. The van der Waals surface area contributed by atoms with Gasteiger partial charge in [-0.3, -0.25) is 4.79 Å². The number of rotatable bonds is 4. The van der Waals surface area contributed by atoms with Crippen molar-refractivity contribution in [2.24, 2.45) is 0 Å². The highest BCUT2D eigenvalue weighted by molar-refractivity contribution is 9.10. The number of carbonyl (C=O) groups is 1. The second-order valence-corrected chi connectivity index (χ2v) is 5.86. The monoisotopic (exact) mass is 348 g/mol. The average Bonchev–Trinajstić information content (AvgIpc) is 2.42. The molecule has 1 heterocycles. The van der Waals surface area contributed by atoms with Crippen LogP contribution in [0.15, 0.2) is 35.1 Å². The molecule has 0 aliphatic heterocycles. The summed E-state index contributed by atoms with van der Waals surface area (Å²) >= 11 is 3.49. The first-order valence-corrected chi connectivity index (χ1v) is 7.41. The van der Waals surface area contributed by atoms with Crippen molar-refractivity contribution in [1.82, 2.24) is 15.3 Å². The van der Waals surface area contributed by atoms with Gasteiger partial charge in [-0.15, -0.1) is 0 Å². The summed E-state index contributed by atoms with van der Waals surface area (Å²) in [5, 5.41) is 5.96. The number of anilines is 2. The minimum absolute atomic E-state index is 0.0666. The van der Waals surface area contributed by atoms with Crippen LogP contribution >= 0.6 is 15.9 Å². The molecule has 0 radical (unpaired) electrons. The van der Waals surface area contributed by atoms with Crippen LogP contribution in [-0.4, -0.2) is 21.9 Å². The fraction of sp³-hybridized carbons (Fsp3) is 0.267. The van der Waals surface area contributed by atoms with Gasteiger partial charge in [-0.05, 0) is 38.5 Å². The maximum atomic E-state index is 11.9. The molecule has 0 saturated heterocycles. The van der Waals surface area contributed by atoms with Crippen LogP contribution in [0.25, 0.3) is 0 Å². The van der Waals surface area contributed by atoms with Crippen molar-refractivity contribution in [3.63, 3.8) is 0 Å². The van der Waals surface area contributed by atoms with Gasteiger partial charge in [-0.25, -0.2) is 9.97 Å². The standard InChI is InChI=1S/C15H17BrN4O/c1-9(2)19-15(21)13-7-14(18-8-17-13)20-11-5-4-10(3)12(16)6-11/h4-9H,1-3H3,(H,19,21)(H,17,18,20). The molecule has 1 aromatic carbocycles. The number of hydrogen-bond acceptors (Lipinski definition) is 4. The summed E-state index contributed by atoms with van der Waals surface area (Å²) in [7, 11) is 0. The molecule has 0 bridgehead atoms. The molecule has 110 valence electrons. The highest BCUT2D eigenvalue weighted by Gasteiger charge is 2.10. The van der Waals surface area contributed by atoms with Crippen molar-refractivity contribution in [3.8, 4) is 0 Å². The van der Waals surface area contributed by atoms with E-state index in [4.69, 9.17) is 0 Å². The molecule has 2 N–H and O–H groups in total. The van der Waals surface area contributed by atoms with Gasteiger partial charge in [0.25, 0.3) is 5.91 Å². The zero-order valence-electron chi connectivity index (χ0n) is 12.1. The largest absolute Gasteiger partial charge is 0.349 e. The van der Waals surface area contributed by atoms with Crippen LogP contribution in [0, 0.1) is 6.92 Å². The van der Waals surface area contributed by atoms with E-state index in [0.29, 0.717) is 11.5 Å². The molecule has 0 spiro atoms. The summed E-state index contributed by atoms with van der Waals surface area (Å²) in [4.78, 5) is 20.0. The van der Waals surface area contributed by atoms with Gasteiger partial charge in [-0.1, -0.05) is 22.0 Å². The van der Waals surface area contributed by atoms with E-state index in [1.54, 1.807) is 6.07 Å². The lowest BCUT2D eigenvalue weighted by Crippen LogP contribution is -2.30. The Kier molecular flexibility index (Phi) is 4.90. The first-order chi connectivity index (χ1) is 9.95. The third-order valence-electron chi connectivity index (χ3n) is 2.76. The normalized spacial score (nSPS) is 10.5. The van der Waals surface area contributed by atoms with Gasteiger partial charge in [-0.2, -0.15) is 0 Å². The van der Waals surface area contributed by atoms with Crippen LogP contribution < -0.4 is 10.6 Å². The molecule has 5 nitrogen and oxygen atoms in total. The maximum Gasteiger partial charge on any atom is 0.270 e. The molecule has 2 rings (SSSR count). The predicted molar refractivity (Wildman–Crippen MR) is 86.8 cm³/mol. The lowest BCUT2D eigenvalue weighted by molar-refractivity contribution is 0.0938. The van der Waals surface area contributed by atoms with E-state index in [2.05, 4.69) is 36.5 Å². The SMILES string of the molecule is Cc1ccc(Nc2cc(C(=O)NC(C)C)ncn2)cc1Br. The van der Waals surface area contributed by atoms with E-state index in [1.165, 1.54) is 6.33 Å². The molecule has 0 atom stereocenters. The third kappa shape index (κ3) is 4.26. The van der Waals surface area contributed by atoms with E-state index in [9.17, 15) is 4.79 Å². The number of amides is 1. The van der Waals surface area contributed by atoms with Crippen LogP contribution in [0.2, 0.25) is 0 Å². The Bertz CT molecular complexity index is 658. The smallest absolute Gasteiger partial charge is 0.270 e. The number of aromatic nitrogens is 2. The van der Waals surface area contributed by atoms with E-state index >= 15 is 0 Å². The molecule has 21 heavy (non-hydrogen) atoms. The van der Waals surface area contributed by atoms with Crippen LogP contribution in [-0.2, 0) is 0 Å². The number of aryl methyl sites for hydroxylation is 1. The van der Waals surface area contributed by atoms with Gasteiger partial charge in [0.15, 0.2) is 0 Å². The zero-order chi connectivity index (χ0) is 15.4. The van der Waals surface area contributed by atoms with Crippen molar-refractivity contribution < 1.29 is 4.79 Å². The first-order valence-electron chi connectivity index (χ1n) is 6.62. The number of carbonyl (C=O) groups excluding carboxylic acids is 1. The molecule has 0 aliphatic carbocycles. The average molecular weight is 349 g/mol. The molecular formula is C15H17BrN4O. The molecule has 2 aromatic rings. The fourth-order valence-electron chi connectivity index (χ4n) is 1.70. The second-order valence-electron chi connectivity index (χ2n) is 5.01. The summed E-state index contributed by atoms with van der Waals surface area (Å²) in [6.45, 7) is 5.83. The fourth-order valence-corrected chi connectivity index (χ4v) is 2.08. The number of hydrogen-bond donors (Lipinski definition) is 2. The number of nitrogens with one attached hydrogen (secondary N) is 2. The minimum atomic E-state index is -0.208. The van der Waals surface area contributed by atoms with Gasteiger partial charge in [0.05, 0.1) is 0 Å². The molecule has 0 unspecified atom stereocenters. The van der Waals surface area contributed by atoms with E-state index in [-0.39, 0.29) is 11.9 Å². The van der Waals surface area contributed by atoms with Crippen molar-refractivity contribution in [2.45, 2.75) is 26.8 Å². The molecule has 1 aromatic heterocycles. The van der Waals surface area contributed by atoms with Crippen LogP contribution in [0.1, 0.15) is 29.9 Å². The first kappa shape index (κ1) is 15.4. The molecular weight excluding hydrogens is 332 g/mol. The maximum absolute atomic E-state index is 11.9. The van der Waals surface area contributed by atoms with E-state index < -0.39 is 0 Å². The minimum Gasteiger partial charge on any atom is -0.349 e. The van der Waals surface area contributed by atoms with E-state index in [1.807, 2.05) is 39.0 Å². The van der Waals surface area contributed by atoms with Crippen molar-refractivity contribution in [2.75, 3.05) is 5.32 Å². The van der Waals surface area contributed by atoms with Gasteiger partial charge in [0, 0.05) is 22.3 Å². The van der Waals surface area contributed by atoms with E-state index in [0.717, 1.165) is 15.7 Å². The van der Waals surface area contributed by atoms with Crippen LogP contribution in [0.3, 0.4) is 0 Å². The molecule has 6 heteroatoms. The Morgan fingerprint density at radius 3 is 2.67 bits per heavy atom. The molecule has 0 saturated carbocycles. The van der Waals surface area contributed by atoms with Gasteiger partial charge in [0.2, 0.25) is 0 Å². The van der Waals surface area contributed by atoms with Gasteiger partial charge >= 0.3 is 0 Å². The Morgan fingerprint density at radius 2 is 2.00 bits per heavy atom. The summed E-state index contributed by atoms with van der Waals surface area (Å²) in [5.41, 5.74) is 2.38. The summed E-state index contributed by atoms with van der Waals surface area (Å²) in [5.74, 6) is 0.371. The quantitative estimate of drug-likeness (QED) is 0.888. The lowest BCUT2D eigenvalue weighted by Gasteiger charge is -2.10. The van der Waals surface area contributed by atoms with Crippen molar-refractivity contribution in [1.29, 1.82) is 0 Å². The summed E-state index contributed by atoms with van der Waals surface area (Å²) < 4.78 is 1.01.